The molecule has 0 amide bonds. The highest BCUT2D eigenvalue weighted by atomic mass is 15.1. The van der Waals surface area contributed by atoms with Crippen molar-refractivity contribution in [3.8, 4) is 0 Å². The number of hydrogen-bond acceptors (Lipinski definition) is 1. The van der Waals surface area contributed by atoms with Crippen molar-refractivity contribution in [2.75, 3.05) is 13.6 Å². The maximum Gasteiger partial charge on any atom is 0.167 e. The number of allylic oxidation sites excluding steroid dienone is 1. The van der Waals surface area contributed by atoms with Gasteiger partial charge in [0, 0.05) is 6.42 Å². The van der Waals surface area contributed by atoms with Gasteiger partial charge in [0.15, 0.2) is 13.6 Å². The molecular formula is C8H17N2+. The van der Waals surface area contributed by atoms with Crippen LogP contribution in [0.5, 0.6) is 0 Å². The second kappa shape index (κ2) is 6.46. The predicted molar refractivity (Wildman–Crippen MR) is 42.4 cm³/mol. The van der Waals surface area contributed by atoms with Gasteiger partial charge in [-0.25, -0.2) is 0 Å². The van der Waals surface area contributed by atoms with Crippen LogP contribution in [0.1, 0.15) is 25.7 Å². The van der Waals surface area contributed by atoms with Gasteiger partial charge in [-0.05, 0) is 19.3 Å². The van der Waals surface area contributed by atoms with Crippen molar-refractivity contribution in [3.05, 3.63) is 12.7 Å². The van der Waals surface area contributed by atoms with Crippen molar-refractivity contribution in [2.45, 2.75) is 25.7 Å². The molecule has 0 aliphatic heterocycles. The molecule has 0 saturated carbocycles. The Morgan fingerprint density at radius 2 is 2.10 bits per heavy atom. The third-order valence-electron chi connectivity index (χ3n) is 1.40. The van der Waals surface area contributed by atoms with Crippen molar-refractivity contribution in [1.29, 1.82) is 5.53 Å². The average Bonchev–Trinajstić information content (AvgIpc) is 1.87. The first-order valence-electron chi connectivity index (χ1n) is 3.80. The Labute approximate surface area is 63.1 Å². The molecule has 0 atom stereocenters. The minimum Gasteiger partial charge on any atom is -0.133 e. The minimum atomic E-state index is 0.886. The summed E-state index contributed by atoms with van der Waals surface area (Å²) < 4.78 is 1.48. The first-order chi connectivity index (χ1) is 4.77. The number of rotatable bonds is 6. The van der Waals surface area contributed by atoms with Gasteiger partial charge in [0.1, 0.15) is 0 Å². The van der Waals surface area contributed by atoms with E-state index in [-0.39, 0.29) is 0 Å². The van der Waals surface area contributed by atoms with E-state index in [1.165, 1.54) is 17.5 Å². The fourth-order valence-corrected chi connectivity index (χ4v) is 0.814. The molecule has 0 radical (unpaired) electrons. The van der Waals surface area contributed by atoms with E-state index < -0.39 is 0 Å². The Morgan fingerprint density at radius 3 is 2.60 bits per heavy atom. The second-order valence-electron chi connectivity index (χ2n) is 2.56. The van der Waals surface area contributed by atoms with Crippen LogP contribution < -0.4 is 0 Å². The van der Waals surface area contributed by atoms with Crippen LogP contribution in [0.3, 0.4) is 0 Å². The lowest BCUT2D eigenvalue weighted by Gasteiger charge is -1.92. The van der Waals surface area contributed by atoms with Crippen LogP contribution >= 0.6 is 0 Å². The molecule has 2 nitrogen and oxygen atoms in total. The van der Waals surface area contributed by atoms with E-state index in [1.807, 2.05) is 6.08 Å². The van der Waals surface area contributed by atoms with Gasteiger partial charge >= 0.3 is 0 Å². The van der Waals surface area contributed by atoms with Crippen LogP contribution in [-0.4, -0.2) is 18.3 Å². The molecule has 1 N–H and O–H groups in total. The lowest BCUT2D eigenvalue weighted by Crippen LogP contribution is -2.01. The molecule has 2 heteroatoms. The van der Waals surface area contributed by atoms with E-state index in [4.69, 9.17) is 5.53 Å². The summed E-state index contributed by atoms with van der Waals surface area (Å²) in [4.78, 5) is 0. The molecule has 0 rings (SSSR count). The van der Waals surface area contributed by atoms with Crippen molar-refractivity contribution < 1.29 is 4.70 Å². The molecule has 0 aromatic carbocycles. The Morgan fingerprint density at radius 1 is 1.40 bits per heavy atom. The zero-order valence-electron chi connectivity index (χ0n) is 6.77. The van der Waals surface area contributed by atoms with Gasteiger partial charge in [-0.1, -0.05) is 11.6 Å². The van der Waals surface area contributed by atoms with Crippen LogP contribution in [0, 0.1) is 5.53 Å². The van der Waals surface area contributed by atoms with E-state index >= 15 is 0 Å². The highest BCUT2D eigenvalue weighted by Gasteiger charge is 1.93. The molecule has 0 heterocycles. The quantitative estimate of drug-likeness (QED) is 0.254. The molecule has 0 aliphatic carbocycles. The number of unbranched alkanes of at least 4 members (excludes halogenated alkanes) is 3. The minimum absolute atomic E-state index is 0.886. The Bertz CT molecular complexity index is 108. The van der Waals surface area contributed by atoms with Gasteiger partial charge in [0.25, 0.3) is 0 Å². The Balaban J connectivity index is 2.90. The van der Waals surface area contributed by atoms with Crippen LogP contribution in [-0.2, 0) is 0 Å². The van der Waals surface area contributed by atoms with Crippen molar-refractivity contribution in [3.63, 3.8) is 0 Å². The molecule has 10 heavy (non-hydrogen) atoms. The monoisotopic (exact) mass is 141 g/mol. The van der Waals surface area contributed by atoms with E-state index in [2.05, 4.69) is 6.58 Å². The first kappa shape index (κ1) is 9.34. The molecule has 0 aromatic heterocycles. The molecule has 58 valence electrons. The molecule has 0 saturated heterocycles. The summed E-state index contributed by atoms with van der Waals surface area (Å²) in [5.41, 5.74) is 7.07. The SMILES string of the molecule is C=CCCCCC[N+](C)=N. The topological polar surface area (TPSA) is 26.9 Å². The normalized spacial score (nSPS) is 9.30. The van der Waals surface area contributed by atoms with E-state index in [0.29, 0.717) is 0 Å². The van der Waals surface area contributed by atoms with Gasteiger partial charge in [0.05, 0.1) is 0 Å². The highest BCUT2D eigenvalue weighted by molar-refractivity contribution is 4.65. The van der Waals surface area contributed by atoms with Gasteiger partial charge in [-0.2, -0.15) is 0 Å². The maximum absolute atomic E-state index is 7.07. The average molecular weight is 141 g/mol. The van der Waals surface area contributed by atoms with Crippen LogP contribution in [0.2, 0.25) is 0 Å². The van der Waals surface area contributed by atoms with Gasteiger partial charge in [-0.3, -0.25) is 0 Å². The Hall–Kier alpha value is -0.660. The van der Waals surface area contributed by atoms with Crippen molar-refractivity contribution >= 4 is 0 Å². The van der Waals surface area contributed by atoms with Crippen LogP contribution in [0.4, 0.5) is 0 Å². The summed E-state index contributed by atoms with van der Waals surface area (Å²) in [6.07, 6.45) is 6.63. The molecular weight excluding hydrogens is 124 g/mol. The molecule has 0 bridgehead atoms. The molecule has 0 aliphatic rings. The van der Waals surface area contributed by atoms with E-state index in [9.17, 15) is 0 Å². The largest absolute Gasteiger partial charge is 0.167 e. The summed E-state index contributed by atoms with van der Waals surface area (Å²) in [7, 11) is 1.79. The third-order valence-corrected chi connectivity index (χ3v) is 1.40. The fourth-order valence-electron chi connectivity index (χ4n) is 0.814. The number of nitrogens with one attached hydrogen (secondary N) is 1. The summed E-state index contributed by atoms with van der Waals surface area (Å²) in [5, 5.41) is 0. The zero-order valence-corrected chi connectivity index (χ0v) is 6.77. The second-order valence-corrected chi connectivity index (χ2v) is 2.56. The standard InChI is InChI=1S/C8H17N2/c1-3-4-5-6-7-8-10(2)9/h3,9H,1,4-8H2,2H3/q+1. The summed E-state index contributed by atoms with van der Waals surface area (Å²) >= 11 is 0. The van der Waals surface area contributed by atoms with Gasteiger partial charge in [-0.15, -0.1) is 11.3 Å². The van der Waals surface area contributed by atoms with Crippen LogP contribution in [0.15, 0.2) is 12.7 Å². The fraction of sp³-hybridized carbons (Fsp3) is 0.750. The van der Waals surface area contributed by atoms with E-state index in [0.717, 1.165) is 19.4 Å². The smallest absolute Gasteiger partial charge is 0.133 e. The lowest BCUT2D eigenvalue weighted by molar-refractivity contribution is -0.588. The number of hydrogen-bond donors (Lipinski definition) is 1. The van der Waals surface area contributed by atoms with Crippen molar-refractivity contribution in [1.82, 2.24) is 0 Å². The predicted octanol–water partition coefficient (Wildman–Crippen LogP) is 2.41. The molecule has 0 aromatic rings. The third kappa shape index (κ3) is 7.34. The summed E-state index contributed by atoms with van der Waals surface area (Å²) in [6.45, 7) is 4.53. The van der Waals surface area contributed by atoms with Crippen LogP contribution in [0.25, 0.3) is 0 Å². The Kier molecular flexibility index (Phi) is 6.03. The summed E-state index contributed by atoms with van der Waals surface area (Å²) in [6, 6.07) is 0. The maximum atomic E-state index is 7.07. The number of nitrogens with zero attached hydrogens (tertiary/aromatic N) is 1. The van der Waals surface area contributed by atoms with Crippen molar-refractivity contribution in [2.24, 2.45) is 0 Å². The first-order valence-corrected chi connectivity index (χ1v) is 3.80. The van der Waals surface area contributed by atoms with Gasteiger partial charge < -0.3 is 0 Å². The lowest BCUT2D eigenvalue weighted by atomic mass is 10.2. The molecule has 0 spiro atoms. The van der Waals surface area contributed by atoms with E-state index in [1.54, 1.807) is 7.05 Å². The molecule has 0 fully saturated rings. The molecule has 0 unspecified atom stereocenters. The summed E-state index contributed by atoms with van der Waals surface area (Å²) in [5.74, 6) is 0. The van der Waals surface area contributed by atoms with Gasteiger partial charge in [0.2, 0.25) is 0 Å². The zero-order chi connectivity index (χ0) is 7.82. The highest BCUT2D eigenvalue weighted by Crippen LogP contribution is 1.99.